The SMILES string of the molecule is Cc1[nH]c(=O)sc1C(=O)NC(Cc1c[nH]c2ccccc12)C(=O)O. The molecular weight excluding hydrogens is 330 g/mol. The molecule has 3 rings (SSSR count). The molecule has 0 aliphatic carbocycles. The molecule has 0 saturated carbocycles. The van der Waals surface area contributed by atoms with Crippen LogP contribution in [0.15, 0.2) is 35.3 Å². The zero-order chi connectivity index (χ0) is 17.3. The Hall–Kier alpha value is -2.87. The Kier molecular flexibility index (Phi) is 4.22. The van der Waals surface area contributed by atoms with Crippen LogP contribution in [0.2, 0.25) is 0 Å². The minimum absolute atomic E-state index is 0.142. The third-order valence-corrected chi connectivity index (χ3v) is 4.72. The number of aliphatic carboxylic acids is 1. The van der Waals surface area contributed by atoms with Crippen molar-refractivity contribution in [2.24, 2.45) is 0 Å². The number of aromatic amines is 2. The molecule has 1 aromatic carbocycles. The van der Waals surface area contributed by atoms with Gasteiger partial charge in [-0.05, 0) is 18.6 Å². The van der Waals surface area contributed by atoms with Crippen LogP contribution in [0.1, 0.15) is 20.9 Å². The molecule has 8 heteroatoms. The molecule has 0 aliphatic heterocycles. The summed E-state index contributed by atoms with van der Waals surface area (Å²) >= 11 is 0.764. The van der Waals surface area contributed by atoms with Crippen LogP contribution in [0.4, 0.5) is 0 Å². The first-order valence-corrected chi connectivity index (χ1v) is 8.05. The minimum atomic E-state index is -1.13. The van der Waals surface area contributed by atoms with Gasteiger partial charge >= 0.3 is 10.8 Å². The lowest BCUT2D eigenvalue weighted by Gasteiger charge is -2.13. The van der Waals surface area contributed by atoms with Gasteiger partial charge in [-0.1, -0.05) is 29.5 Å². The maximum Gasteiger partial charge on any atom is 0.326 e. The predicted molar refractivity (Wildman–Crippen MR) is 90.6 cm³/mol. The maximum absolute atomic E-state index is 12.3. The fraction of sp³-hybridized carbons (Fsp3) is 0.188. The van der Waals surface area contributed by atoms with Crippen LogP contribution in [-0.2, 0) is 11.2 Å². The number of carboxylic acids is 1. The molecule has 24 heavy (non-hydrogen) atoms. The Balaban J connectivity index is 1.83. The van der Waals surface area contributed by atoms with Gasteiger partial charge in [-0.3, -0.25) is 9.59 Å². The van der Waals surface area contributed by atoms with Gasteiger partial charge in [0.2, 0.25) is 0 Å². The predicted octanol–water partition coefficient (Wildman–Crippen LogP) is 1.65. The van der Waals surface area contributed by atoms with Crippen LogP contribution >= 0.6 is 11.3 Å². The number of amides is 1. The van der Waals surface area contributed by atoms with Crippen molar-refractivity contribution in [2.45, 2.75) is 19.4 Å². The molecule has 2 heterocycles. The Morgan fingerprint density at radius 1 is 1.33 bits per heavy atom. The van der Waals surface area contributed by atoms with Crippen LogP contribution in [0.25, 0.3) is 10.9 Å². The first-order chi connectivity index (χ1) is 11.5. The molecule has 0 spiro atoms. The second-order valence-electron chi connectivity index (χ2n) is 5.40. The number of H-pyrrole nitrogens is 2. The van der Waals surface area contributed by atoms with Gasteiger partial charge in [-0.25, -0.2) is 4.79 Å². The number of benzene rings is 1. The average Bonchev–Trinajstić information content (AvgIpc) is 3.09. The van der Waals surface area contributed by atoms with E-state index in [1.165, 1.54) is 0 Å². The summed E-state index contributed by atoms with van der Waals surface area (Å²) in [5, 5.41) is 12.8. The summed E-state index contributed by atoms with van der Waals surface area (Å²) in [4.78, 5) is 40.5. The van der Waals surface area contributed by atoms with E-state index in [-0.39, 0.29) is 16.2 Å². The second kappa shape index (κ2) is 6.32. The number of carboxylic acid groups (broad SMARTS) is 1. The molecule has 0 aliphatic rings. The number of fused-ring (bicyclic) bond motifs is 1. The van der Waals surface area contributed by atoms with Gasteiger partial charge < -0.3 is 20.4 Å². The van der Waals surface area contributed by atoms with E-state index in [4.69, 9.17) is 0 Å². The van der Waals surface area contributed by atoms with Crippen molar-refractivity contribution in [3.8, 4) is 0 Å². The third kappa shape index (κ3) is 3.09. The van der Waals surface area contributed by atoms with Crippen LogP contribution in [-0.4, -0.2) is 33.0 Å². The second-order valence-corrected chi connectivity index (χ2v) is 6.38. The molecule has 0 saturated heterocycles. The standard InChI is InChI=1S/C16H15N3O4S/c1-8-13(24-16(23)18-8)14(20)19-12(15(21)22)6-9-7-17-11-5-3-2-4-10(9)11/h2-5,7,12,17H,6H2,1H3,(H,18,23)(H,19,20)(H,21,22). The maximum atomic E-state index is 12.3. The summed E-state index contributed by atoms with van der Waals surface area (Å²) in [6.07, 6.45) is 1.89. The van der Waals surface area contributed by atoms with Gasteiger partial charge in [0.25, 0.3) is 5.91 Å². The van der Waals surface area contributed by atoms with E-state index < -0.39 is 17.9 Å². The molecule has 0 radical (unpaired) electrons. The van der Waals surface area contributed by atoms with Crippen LogP contribution in [0.5, 0.6) is 0 Å². The van der Waals surface area contributed by atoms with Gasteiger partial charge in [0, 0.05) is 29.2 Å². The van der Waals surface area contributed by atoms with Crippen LogP contribution in [0, 0.1) is 6.92 Å². The Morgan fingerprint density at radius 2 is 2.08 bits per heavy atom. The van der Waals surface area contributed by atoms with E-state index in [9.17, 15) is 19.5 Å². The van der Waals surface area contributed by atoms with E-state index in [2.05, 4.69) is 15.3 Å². The van der Waals surface area contributed by atoms with Crippen molar-refractivity contribution >= 4 is 34.1 Å². The quantitative estimate of drug-likeness (QED) is 0.563. The summed E-state index contributed by atoms with van der Waals surface area (Å²) in [5.74, 6) is -1.70. The molecule has 1 unspecified atom stereocenters. The normalized spacial score (nSPS) is 12.2. The third-order valence-electron chi connectivity index (χ3n) is 3.73. The molecule has 0 bridgehead atoms. The Morgan fingerprint density at radius 3 is 2.75 bits per heavy atom. The topological polar surface area (TPSA) is 115 Å². The average molecular weight is 345 g/mol. The zero-order valence-corrected chi connectivity index (χ0v) is 13.6. The van der Waals surface area contributed by atoms with E-state index in [0.717, 1.165) is 27.8 Å². The summed E-state index contributed by atoms with van der Waals surface area (Å²) in [6, 6.07) is 6.45. The van der Waals surface area contributed by atoms with Crippen LogP contribution in [0.3, 0.4) is 0 Å². The van der Waals surface area contributed by atoms with E-state index >= 15 is 0 Å². The smallest absolute Gasteiger partial charge is 0.326 e. The largest absolute Gasteiger partial charge is 0.480 e. The molecule has 124 valence electrons. The van der Waals surface area contributed by atoms with Crippen molar-refractivity contribution in [3.63, 3.8) is 0 Å². The van der Waals surface area contributed by atoms with E-state index in [0.29, 0.717) is 5.69 Å². The molecule has 2 aromatic heterocycles. The highest BCUT2D eigenvalue weighted by Gasteiger charge is 2.24. The number of aromatic nitrogens is 2. The first-order valence-electron chi connectivity index (χ1n) is 7.24. The summed E-state index contributed by atoms with van der Waals surface area (Å²) in [5.41, 5.74) is 2.14. The summed E-state index contributed by atoms with van der Waals surface area (Å²) < 4.78 is 0. The number of carbonyl (C=O) groups excluding carboxylic acids is 1. The fourth-order valence-electron chi connectivity index (χ4n) is 2.57. The number of hydrogen-bond donors (Lipinski definition) is 4. The zero-order valence-electron chi connectivity index (χ0n) is 12.8. The highest BCUT2D eigenvalue weighted by Crippen LogP contribution is 2.19. The lowest BCUT2D eigenvalue weighted by molar-refractivity contribution is -0.139. The van der Waals surface area contributed by atoms with Gasteiger partial charge in [-0.15, -0.1) is 0 Å². The van der Waals surface area contributed by atoms with Crippen molar-refractivity contribution < 1.29 is 14.7 Å². The molecule has 1 atom stereocenters. The highest BCUT2D eigenvalue weighted by molar-refractivity contribution is 7.11. The lowest BCUT2D eigenvalue weighted by atomic mass is 10.0. The van der Waals surface area contributed by atoms with Crippen molar-refractivity contribution in [1.29, 1.82) is 0 Å². The first kappa shape index (κ1) is 16.0. The van der Waals surface area contributed by atoms with Crippen molar-refractivity contribution in [1.82, 2.24) is 15.3 Å². The number of hydrogen-bond acceptors (Lipinski definition) is 4. The van der Waals surface area contributed by atoms with Gasteiger partial charge in [0.15, 0.2) is 0 Å². The molecule has 1 amide bonds. The van der Waals surface area contributed by atoms with Crippen LogP contribution < -0.4 is 10.2 Å². The Labute approximate surface area is 140 Å². The van der Waals surface area contributed by atoms with Crippen molar-refractivity contribution in [3.05, 3.63) is 56.3 Å². The fourth-order valence-corrected chi connectivity index (χ4v) is 3.31. The molecular formula is C16H15N3O4S. The minimum Gasteiger partial charge on any atom is -0.480 e. The number of thiazole rings is 1. The van der Waals surface area contributed by atoms with E-state index in [1.807, 2.05) is 24.3 Å². The molecule has 3 aromatic rings. The summed E-state index contributed by atoms with van der Waals surface area (Å²) in [6.45, 7) is 1.60. The van der Waals surface area contributed by atoms with Gasteiger partial charge in [-0.2, -0.15) is 0 Å². The highest BCUT2D eigenvalue weighted by atomic mass is 32.1. The lowest BCUT2D eigenvalue weighted by Crippen LogP contribution is -2.42. The molecule has 0 fully saturated rings. The number of carbonyl (C=O) groups is 2. The molecule has 4 N–H and O–H groups in total. The monoisotopic (exact) mass is 345 g/mol. The van der Waals surface area contributed by atoms with E-state index in [1.54, 1.807) is 13.1 Å². The summed E-state index contributed by atoms with van der Waals surface area (Å²) in [7, 11) is 0. The Bertz CT molecular complexity index is 969. The molecule has 7 nitrogen and oxygen atoms in total. The van der Waals surface area contributed by atoms with Crippen molar-refractivity contribution in [2.75, 3.05) is 0 Å². The number of para-hydroxylation sites is 1. The number of aryl methyl sites for hydroxylation is 1. The van der Waals surface area contributed by atoms with Gasteiger partial charge in [0.05, 0.1) is 0 Å². The number of rotatable bonds is 5. The number of nitrogens with one attached hydrogen (secondary N) is 3. The van der Waals surface area contributed by atoms with Gasteiger partial charge in [0.1, 0.15) is 10.9 Å².